The molecule has 2 unspecified atom stereocenters. The van der Waals surface area contributed by atoms with Gasteiger partial charge in [-0.25, -0.2) is 0 Å². The average molecular weight is 589 g/mol. The van der Waals surface area contributed by atoms with Gasteiger partial charge in [-0.3, -0.25) is 0 Å². The van der Waals surface area contributed by atoms with Gasteiger partial charge in [0.05, 0.1) is 0 Å². The molecular formula is C36H38Sn. The van der Waals surface area contributed by atoms with E-state index in [4.69, 9.17) is 0 Å². The van der Waals surface area contributed by atoms with Gasteiger partial charge in [-0.15, -0.1) is 0 Å². The fourth-order valence-electron chi connectivity index (χ4n) is 6.67. The predicted molar refractivity (Wildman–Crippen MR) is 165 cm³/mol. The van der Waals surface area contributed by atoms with Crippen molar-refractivity contribution in [3.63, 3.8) is 0 Å². The maximum absolute atomic E-state index is 3.43. The second-order valence-electron chi connectivity index (χ2n) is 10.5. The Balaban J connectivity index is 2.04. The summed E-state index contributed by atoms with van der Waals surface area (Å²) in [4.78, 5) is 0. The van der Waals surface area contributed by atoms with Crippen LogP contribution in [0.5, 0.6) is 0 Å². The van der Waals surface area contributed by atoms with Crippen molar-refractivity contribution in [1.82, 2.24) is 0 Å². The van der Waals surface area contributed by atoms with Crippen molar-refractivity contribution in [3.8, 4) is 0 Å². The third kappa shape index (κ3) is 4.44. The third-order valence-electron chi connectivity index (χ3n) is 8.61. The monoisotopic (exact) mass is 590 g/mol. The van der Waals surface area contributed by atoms with Crippen LogP contribution in [-0.2, 0) is 0 Å². The van der Waals surface area contributed by atoms with Crippen LogP contribution >= 0.6 is 0 Å². The third-order valence-corrected chi connectivity index (χ3v) is 27.6. The van der Waals surface area contributed by atoms with Gasteiger partial charge in [-0.2, -0.15) is 0 Å². The molecule has 0 nitrogen and oxygen atoms in total. The Kier molecular flexibility index (Phi) is 7.86. The van der Waals surface area contributed by atoms with Gasteiger partial charge in [0.2, 0.25) is 0 Å². The van der Waals surface area contributed by atoms with Crippen LogP contribution in [0.1, 0.15) is 62.8 Å². The van der Waals surface area contributed by atoms with Crippen LogP contribution in [-0.4, -0.2) is 18.4 Å². The average Bonchev–Trinajstić information content (AvgIpc) is 3.31. The summed E-state index contributed by atoms with van der Waals surface area (Å²) in [5, 5.41) is 0. The van der Waals surface area contributed by atoms with Gasteiger partial charge in [0.15, 0.2) is 0 Å². The number of hydrogen-bond donors (Lipinski definition) is 0. The summed E-state index contributed by atoms with van der Waals surface area (Å²) in [6.07, 6.45) is 2.41. The molecule has 4 aromatic carbocycles. The molecule has 0 spiro atoms. The maximum atomic E-state index is 2.57. The van der Waals surface area contributed by atoms with Gasteiger partial charge in [-0.05, 0) is 0 Å². The molecule has 37 heavy (non-hydrogen) atoms. The SMILES string of the molecule is CC[CH](C)[Sn]1([CH](C)CC)[C](c2ccccc2)=C(c2ccccc2)C(c2ccccc2)=[C]1c1ccccc1. The van der Waals surface area contributed by atoms with Crippen LogP contribution in [0.25, 0.3) is 18.3 Å². The Morgan fingerprint density at radius 1 is 0.432 bits per heavy atom. The molecule has 0 aliphatic carbocycles. The van der Waals surface area contributed by atoms with Crippen LogP contribution in [0.3, 0.4) is 0 Å². The van der Waals surface area contributed by atoms with Gasteiger partial charge in [0.1, 0.15) is 0 Å². The first-order valence-corrected chi connectivity index (χ1v) is 20.0. The second kappa shape index (κ2) is 11.3. The van der Waals surface area contributed by atoms with Crippen molar-refractivity contribution in [3.05, 3.63) is 144 Å². The zero-order chi connectivity index (χ0) is 25.8. The second-order valence-corrected chi connectivity index (χ2v) is 23.9. The van der Waals surface area contributed by atoms with Crippen LogP contribution in [0, 0.1) is 0 Å². The fraction of sp³-hybridized carbons (Fsp3) is 0.222. The molecule has 1 heterocycles. The Hall–Kier alpha value is -2.84. The van der Waals surface area contributed by atoms with E-state index in [0.29, 0.717) is 7.87 Å². The van der Waals surface area contributed by atoms with E-state index in [2.05, 4.69) is 149 Å². The molecule has 0 N–H and O–H groups in total. The van der Waals surface area contributed by atoms with Crippen LogP contribution in [0.15, 0.2) is 121 Å². The number of benzene rings is 4. The molecule has 0 fully saturated rings. The Bertz CT molecular complexity index is 1270. The first-order valence-electron chi connectivity index (χ1n) is 13.9. The van der Waals surface area contributed by atoms with E-state index >= 15 is 0 Å². The van der Waals surface area contributed by atoms with Crippen molar-refractivity contribution in [2.24, 2.45) is 0 Å². The van der Waals surface area contributed by atoms with E-state index in [0.717, 1.165) is 0 Å². The van der Waals surface area contributed by atoms with E-state index in [1.165, 1.54) is 46.2 Å². The minimum atomic E-state index is -3.43. The van der Waals surface area contributed by atoms with E-state index in [-0.39, 0.29) is 0 Å². The predicted octanol–water partition coefficient (Wildman–Crippen LogP) is 10.3. The first kappa shape index (κ1) is 25.8. The molecule has 186 valence electrons. The summed E-state index contributed by atoms with van der Waals surface area (Å²) in [5.41, 5.74) is 8.51. The van der Waals surface area contributed by atoms with Gasteiger partial charge in [0.25, 0.3) is 0 Å². The Labute approximate surface area is 227 Å². The van der Waals surface area contributed by atoms with E-state index in [9.17, 15) is 0 Å². The zero-order valence-corrected chi connectivity index (χ0v) is 25.5. The molecule has 0 bridgehead atoms. The minimum absolute atomic E-state index is 0.662. The number of allylic oxidation sites excluding steroid dienone is 2. The van der Waals surface area contributed by atoms with E-state index in [1.807, 2.05) is 0 Å². The van der Waals surface area contributed by atoms with Gasteiger partial charge in [0, 0.05) is 0 Å². The number of rotatable bonds is 8. The molecule has 0 saturated heterocycles. The molecule has 0 radical (unpaired) electrons. The van der Waals surface area contributed by atoms with Gasteiger partial charge < -0.3 is 0 Å². The van der Waals surface area contributed by atoms with Crippen LogP contribution in [0.4, 0.5) is 0 Å². The zero-order valence-electron chi connectivity index (χ0n) is 22.6. The van der Waals surface area contributed by atoms with Gasteiger partial charge >= 0.3 is 229 Å². The summed E-state index contributed by atoms with van der Waals surface area (Å²) >= 11 is -3.43. The van der Waals surface area contributed by atoms with Crippen molar-refractivity contribution in [1.29, 1.82) is 0 Å². The molecule has 0 aromatic heterocycles. The van der Waals surface area contributed by atoms with Crippen molar-refractivity contribution < 1.29 is 0 Å². The van der Waals surface area contributed by atoms with Crippen molar-refractivity contribution >= 4 is 36.7 Å². The normalized spacial score (nSPS) is 16.6. The summed E-state index contributed by atoms with van der Waals surface area (Å²) in [6.45, 7) is 9.98. The molecule has 4 aromatic rings. The van der Waals surface area contributed by atoms with Crippen LogP contribution < -0.4 is 0 Å². The topological polar surface area (TPSA) is 0 Å². The molecule has 1 aliphatic heterocycles. The van der Waals surface area contributed by atoms with Gasteiger partial charge in [-0.1, -0.05) is 0 Å². The summed E-state index contributed by atoms with van der Waals surface area (Å²) < 4.78 is 4.72. The van der Waals surface area contributed by atoms with E-state index in [1.54, 1.807) is 7.18 Å². The fourth-order valence-corrected chi connectivity index (χ4v) is 27.0. The summed E-state index contributed by atoms with van der Waals surface area (Å²) in [5.74, 6) is 0. The molecule has 0 amide bonds. The summed E-state index contributed by atoms with van der Waals surface area (Å²) in [7, 11) is 0. The quantitative estimate of drug-likeness (QED) is 0.180. The van der Waals surface area contributed by atoms with Crippen molar-refractivity contribution in [2.45, 2.75) is 48.4 Å². The Morgan fingerprint density at radius 2 is 0.703 bits per heavy atom. The molecule has 1 aliphatic rings. The summed E-state index contributed by atoms with van der Waals surface area (Å²) in [6, 6.07) is 45.2. The molecular weight excluding hydrogens is 551 g/mol. The van der Waals surface area contributed by atoms with Crippen molar-refractivity contribution in [2.75, 3.05) is 0 Å². The Morgan fingerprint density at radius 3 is 0.973 bits per heavy atom. The molecule has 5 rings (SSSR count). The molecule has 0 saturated carbocycles. The standard InChI is InChI=1S/C28H20.2C4H9.Sn/c1-5-13-23(14-6-1)21-27(25-17-9-3-10-18-25)28(26-19-11-4-12-20-26)22-24-15-7-2-8-16-24;2*1-3-4-2;/h1-20H;2*3H,4H2,1-2H3;. The van der Waals surface area contributed by atoms with E-state index < -0.39 is 18.4 Å². The number of hydrogen-bond acceptors (Lipinski definition) is 0. The van der Waals surface area contributed by atoms with Crippen LogP contribution in [0.2, 0.25) is 7.87 Å². The first-order chi connectivity index (χ1) is 18.1. The molecule has 1 heteroatoms. The molecule has 2 atom stereocenters.